The fourth-order valence-electron chi connectivity index (χ4n) is 4.47. The standard InChI is InChI=1S/C22H26Cl2N6O2.2ClH/c23-15-5-3-12(8-16(15)24)9-17(25)21(32)30-7-1-2-19(30)20(31)28-14-4-6-18-13(10-14)11-27-22(26)29-18;;/h3,5,8,11,14,17,19H,1-2,4,6-7,9-10,25H2,(H,28,31)(H2,26,27,29);2*1H/t14?,17-,19+;;/m1../s1. The summed E-state index contributed by atoms with van der Waals surface area (Å²) in [7, 11) is 0. The number of nitrogen functional groups attached to an aromatic ring is 1. The lowest BCUT2D eigenvalue weighted by Crippen LogP contribution is -2.53. The van der Waals surface area contributed by atoms with Gasteiger partial charge >= 0.3 is 0 Å². The maximum absolute atomic E-state index is 13.0. The third kappa shape index (κ3) is 6.43. The van der Waals surface area contributed by atoms with E-state index in [0.29, 0.717) is 35.9 Å². The van der Waals surface area contributed by atoms with Crippen molar-refractivity contribution >= 4 is 65.8 Å². The van der Waals surface area contributed by atoms with Gasteiger partial charge < -0.3 is 21.7 Å². The van der Waals surface area contributed by atoms with Gasteiger partial charge in [-0.2, -0.15) is 0 Å². The minimum Gasteiger partial charge on any atom is -0.368 e. The second-order valence-corrected chi connectivity index (χ2v) is 9.21. The van der Waals surface area contributed by atoms with Gasteiger partial charge in [-0.25, -0.2) is 9.97 Å². The number of carbonyl (C=O) groups excluding carboxylic acids is 2. The summed E-state index contributed by atoms with van der Waals surface area (Å²) in [5.74, 6) is -0.0995. The van der Waals surface area contributed by atoms with Gasteiger partial charge in [0.15, 0.2) is 0 Å². The molecule has 2 aliphatic rings. The van der Waals surface area contributed by atoms with Crippen LogP contribution in [0.2, 0.25) is 10.0 Å². The van der Waals surface area contributed by atoms with Gasteiger partial charge in [0.25, 0.3) is 0 Å². The van der Waals surface area contributed by atoms with E-state index in [1.807, 2.05) is 0 Å². The van der Waals surface area contributed by atoms with Crippen LogP contribution in [0.5, 0.6) is 0 Å². The van der Waals surface area contributed by atoms with Crippen LogP contribution in [0.1, 0.15) is 36.1 Å². The smallest absolute Gasteiger partial charge is 0.243 e. The van der Waals surface area contributed by atoms with E-state index in [0.717, 1.165) is 36.1 Å². The van der Waals surface area contributed by atoms with E-state index in [4.69, 9.17) is 34.7 Å². The lowest BCUT2D eigenvalue weighted by atomic mass is 9.92. The van der Waals surface area contributed by atoms with Gasteiger partial charge in [0.1, 0.15) is 6.04 Å². The van der Waals surface area contributed by atoms with Crippen LogP contribution in [-0.2, 0) is 28.9 Å². The molecule has 0 bridgehead atoms. The van der Waals surface area contributed by atoms with E-state index in [1.54, 1.807) is 29.3 Å². The van der Waals surface area contributed by atoms with E-state index in [2.05, 4.69) is 15.3 Å². The first-order valence-corrected chi connectivity index (χ1v) is 11.5. The Morgan fingerprint density at radius 3 is 2.71 bits per heavy atom. The molecular weight excluding hydrogens is 522 g/mol. The number of anilines is 1. The van der Waals surface area contributed by atoms with Crippen LogP contribution in [0.3, 0.4) is 0 Å². The van der Waals surface area contributed by atoms with Crippen molar-refractivity contribution in [3.8, 4) is 0 Å². The molecule has 1 aliphatic carbocycles. The number of halogens is 4. The average molecular weight is 550 g/mol. The molecule has 1 aromatic heterocycles. The SMILES string of the molecule is Cl.Cl.Nc1ncc2c(n1)CCC(NC(=O)[C@@H]1CCCN1C(=O)[C@H](N)Cc1ccc(Cl)c(Cl)c1)C2. The zero-order valence-electron chi connectivity index (χ0n) is 18.4. The van der Waals surface area contributed by atoms with Crippen molar-refractivity contribution in [1.82, 2.24) is 20.2 Å². The molecule has 34 heavy (non-hydrogen) atoms. The summed E-state index contributed by atoms with van der Waals surface area (Å²) >= 11 is 12.0. The fraction of sp³-hybridized carbons (Fsp3) is 0.455. The normalized spacial score (nSPS) is 19.9. The minimum atomic E-state index is -0.759. The van der Waals surface area contributed by atoms with Crippen LogP contribution < -0.4 is 16.8 Å². The molecule has 4 rings (SSSR count). The zero-order valence-corrected chi connectivity index (χ0v) is 21.5. The number of hydrogen-bond acceptors (Lipinski definition) is 6. The fourth-order valence-corrected chi connectivity index (χ4v) is 4.79. The molecule has 0 spiro atoms. The van der Waals surface area contributed by atoms with Gasteiger partial charge in [-0.1, -0.05) is 29.3 Å². The van der Waals surface area contributed by atoms with Crippen molar-refractivity contribution < 1.29 is 9.59 Å². The third-order valence-corrected chi connectivity index (χ3v) is 6.85. The maximum Gasteiger partial charge on any atom is 0.243 e. The van der Waals surface area contributed by atoms with Gasteiger partial charge in [-0.05, 0) is 61.8 Å². The van der Waals surface area contributed by atoms with Crippen molar-refractivity contribution in [2.24, 2.45) is 5.73 Å². The van der Waals surface area contributed by atoms with Crippen molar-refractivity contribution in [2.75, 3.05) is 12.3 Å². The molecule has 2 aromatic rings. The highest BCUT2D eigenvalue weighted by Gasteiger charge is 2.37. The lowest BCUT2D eigenvalue weighted by Gasteiger charge is -2.30. The summed E-state index contributed by atoms with van der Waals surface area (Å²) in [6.07, 6.45) is 5.59. The van der Waals surface area contributed by atoms with Crippen LogP contribution in [0.25, 0.3) is 0 Å². The molecule has 12 heteroatoms. The second-order valence-electron chi connectivity index (χ2n) is 8.40. The van der Waals surface area contributed by atoms with Crippen LogP contribution >= 0.6 is 48.0 Å². The Hall–Kier alpha value is -1.84. The number of fused-ring (bicyclic) bond motifs is 1. The summed E-state index contributed by atoms with van der Waals surface area (Å²) < 4.78 is 0. The molecule has 0 saturated carbocycles. The number of hydrogen-bond donors (Lipinski definition) is 3. The van der Waals surface area contributed by atoms with E-state index < -0.39 is 12.1 Å². The Bertz CT molecular complexity index is 1040. The van der Waals surface area contributed by atoms with Gasteiger partial charge in [0, 0.05) is 24.5 Å². The van der Waals surface area contributed by atoms with Crippen LogP contribution in [0.15, 0.2) is 24.4 Å². The number of benzene rings is 1. The Kier molecular flexibility index (Phi) is 10.2. The zero-order chi connectivity index (χ0) is 22.8. The number of aryl methyl sites for hydroxylation is 1. The number of nitrogens with zero attached hydrogens (tertiary/aromatic N) is 3. The largest absolute Gasteiger partial charge is 0.368 e. The van der Waals surface area contributed by atoms with Gasteiger partial charge in [0.2, 0.25) is 17.8 Å². The number of aromatic nitrogens is 2. The Balaban J connectivity index is 0.00000204. The van der Waals surface area contributed by atoms with E-state index in [-0.39, 0.29) is 48.6 Å². The summed E-state index contributed by atoms with van der Waals surface area (Å²) in [4.78, 5) is 36.0. The van der Waals surface area contributed by atoms with Crippen molar-refractivity contribution in [2.45, 2.75) is 56.7 Å². The average Bonchev–Trinajstić information content (AvgIpc) is 3.26. The summed E-state index contributed by atoms with van der Waals surface area (Å²) in [5.41, 5.74) is 14.6. The third-order valence-electron chi connectivity index (χ3n) is 6.11. The maximum atomic E-state index is 13.0. The topological polar surface area (TPSA) is 127 Å². The Morgan fingerprint density at radius 1 is 1.21 bits per heavy atom. The predicted octanol–water partition coefficient (Wildman–Crippen LogP) is 2.74. The van der Waals surface area contributed by atoms with E-state index in [9.17, 15) is 9.59 Å². The van der Waals surface area contributed by atoms with Crippen LogP contribution in [0, 0.1) is 0 Å². The summed E-state index contributed by atoms with van der Waals surface area (Å²) in [5, 5.41) is 3.98. The molecule has 5 N–H and O–H groups in total. The Labute approximate surface area is 221 Å². The highest BCUT2D eigenvalue weighted by atomic mass is 35.5. The predicted molar refractivity (Wildman–Crippen MR) is 138 cm³/mol. The molecular formula is C22H28Cl4N6O2. The monoisotopic (exact) mass is 548 g/mol. The summed E-state index contributed by atoms with van der Waals surface area (Å²) in [6, 6.07) is 3.91. The molecule has 0 radical (unpaired) electrons. The molecule has 1 saturated heterocycles. The minimum absolute atomic E-state index is 0. The first-order valence-electron chi connectivity index (χ1n) is 10.7. The number of amides is 2. The highest BCUT2D eigenvalue weighted by molar-refractivity contribution is 6.42. The molecule has 1 aliphatic heterocycles. The Morgan fingerprint density at radius 2 is 1.97 bits per heavy atom. The lowest BCUT2D eigenvalue weighted by molar-refractivity contribution is -0.139. The highest BCUT2D eigenvalue weighted by Crippen LogP contribution is 2.25. The molecule has 1 unspecified atom stereocenters. The van der Waals surface area contributed by atoms with Gasteiger partial charge in [-0.15, -0.1) is 24.8 Å². The van der Waals surface area contributed by atoms with E-state index in [1.165, 1.54) is 0 Å². The van der Waals surface area contributed by atoms with Crippen LogP contribution in [0.4, 0.5) is 5.95 Å². The number of rotatable bonds is 5. The summed E-state index contributed by atoms with van der Waals surface area (Å²) in [6.45, 7) is 0.520. The van der Waals surface area contributed by atoms with Gasteiger partial charge in [-0.3, -0.25) is 9.59 Å². The number of nitrogens with two attached hydrogens (primary N) is 2. The number of nitrogens with one attached hydrogen (secondary N) is 1. The molecule has 1 aromatic carbocycles. The van der Waals surface area contributed by atoms with Gasteiger partial charge in [0.05, 0.1) is 16.1 Å². The van der Waals surface area contributed by atoms with E-state index >= 15 is 0 Å². The quantitative estimate of drug-likeness (QED) is 0.526. The van der Waals surface area contributed by atoms with Crippen molar-refractivity contribution in [3.05, 3.63) is 51.3 Å². The first-order chi connectivity index (χ1) is 15.3. The van der Waals surface area contributed by atoms with Crippen LogP contribution in [-0.4, -0.2) is 51.4 Å². The number of carbonyl (C=O) groups is 2. The number of likely N-dealkylation sites (tertiary alicyclic amines) is 1. The van der Waals surface area contributed by atoms with Crippen molar-refractivity contribution in [1.29, 1.82) is 0 Å². The second kappa shape index (κ2) is 12.2. The first kappa shape index (κ1) is 28.4. The molecule has 2 heterocycles. The molecule has 2 amide bonds. The molecule has 8 nitrogen and oxygen atoms in total. The molecule has 186 valence electrons. The van der Waals surface area contributed by atoms with Crippen molar-refractivity contribution in [3.63, 3.8) is 0 Å². The molecule has 3 atom stereocenters. The molecule has 1 fully saturated rings.